The van der Waals surface area contributed by atoms with Crippen molar-refractivity contribution >= 4 is 22.7 Å². The largest absolute Gasteiger partial charge is 0.508 e. The summed E-state index contributed by atoms with van der Waals surface area (Å²) in [7, 11) is 0. The van der Waals surface area contributed by atoms with Crippen molar-refractivity contribution in [3.63, 3.8) is 0 Å². The summed E-state index contributed by atoms with van der Waals surface area (Å²) in [5, 5.41) is 10.2. The van der Waals surface area contributed by atoms with Crippen molar-refractivity contribution in [1.29, 1.82) is 0 Å². The van der Waals surface area contributed by atoms with Crippen LogP contribution in [0.15, 0.2) is 73.6 Å². The van der Waals surface area contributed by atoms with Crippen molar-refractivity contribution in [1.82, 2.24) is 0 Å². The Balaban J connectivity index is 2.15. The molecule has 1 aromatic heterocycles. The third-order valence-electron chi connectivity index (χ3n) is 2.66. The quantitative estimate of drug-likeness (QED) is 0.722. The molecule has 0 atom stereocenters. The van der Waals surface area contributed by atoms with Crippen molar-refractivity contribution in [2.24, 2.45) is 0 Å². The average molecular weight is 270 g/mol. The van der Waals surface area contributed by atoms with Crippen LogP contribution in [0.25, 0.3) is 11.0 Å². The van der Waals surface area contributed by atoms with E-state index >= 15 is 0 Å². The average Bonchev–Trinajstić information content (AvgIpc) is 2.39. The number of hydrogen-bond donors (Lipinski definition) is 1. The SMILES string of the molecule is O=c1cc(Sc2ccccc2)c2ccc(O)cc2o1. The zero-order chi connectivity index (χ0) is 13.2. The first-order valence-corrected chi connectivity index (χ1v) is 6.54. The fourth-order valence-corrected chi connectivity index (χ4v) is 2.80. The van der Waals surface area contributed by atoms with Gasteiger partial charge in [-0.1, -0.05) is 30.0 Å². The van der Waals surface area contributed by atoms with E-state index in [1.807, 2.05) is 30.3 Å². The molecule has 0 radical (unpaired) electrons. The maximum atomic E-state index is 11.5. The maximum Gasteiger partial charge on any atom is 0.337 e. The summed E-state index contributed by atoms with van der Waals surface area (Å²) in [6.07, 6.45) is 0. The number of aromatic hydroxyl groups is 1. The Morgan fingerprint density at radius 3 is 2.58 bits per heavy atom. The van der Waals surface area contributed by atoms with Crippen LogP contribution in [0, 0.1) is 0 Å². The van der Waals surface area contributed by atoms with Crippen LogP contribution in [0.5, 0.6) is 5.75 Å². The lowest BCUT2D eigenvalue weighted by Gasteiger charge is -2.05. The lowest BCUT2D eigenvalue weighted by Crippen LogP contribution is -1.97. The van der Waals surface area contributed by atoms with Gasteiger partial charge in [0.15, 0.2) is 0 Å². The van der Waals surface area contributed by atoms with E-state index < -0.39 is 5.63 Å². The number of rotatable bonds is 2. The second-order valence-electron chi connectivity index (χ2n) is 4.03. The van der Waals surface area contributed by atoms with Crippen LogP contribution >= 0.6 is 11.8 Å². The summed E-state index contributed by atoms with van der Waals surface area (Å²) < 4.78 is 5.09. The highest BCUT2D eigenvalue weighted by molar-refractivity contribution is 7.99. The van der Waals surface area contributed by atoms with Gasteiger partial charge >= 0.3 is 5.63 Å². The van der Waals surface area contributed by atoms with Gasteiger partial charge in [-0.25, -0.2) is 4.79 Å². The fourth-order valence-electron chi connectivity index (χ4n) is 1.82. The molecule has 3 nitrogen and oxygen atoms in total. The zero-order valence-electron chi connectivity index (χ0n) is 9.87. The van der Waals surface area contributed by atoms with Gasteiger partial charge in [0, 0.05) is 27.3 Å². The summed E-state index contributed by atoms with van der Waals surface area (Å²) >= 11 is 1.50. The lowest BCUT2D eigenvalue weighted by atomic mass is 10.2. The minimum Gasteiger partial charge on any atom is -0.508 e. The van der Waals surface area contributed by atoms with E-state index in [4.69, 9.17) is 4.42 Å². The monoisotopic (exact) mass is 270 g/mol. The Labute approximate surface area is 113 Å². The molecular weight excluding hydrogens is 260 g/mol. The van der Waals surface area contributed by atoms with Crippen molar-refractivity contribution in [3.05, 3.63) is 65.0 Å². The van der Waals surface area contributed by atoms with Crippen molar-refractivity contribution in [2.75, 3.05) is 0 Å². The second-order valence-corrected chi connectivity index (χ2v) is 5.14. The molecule has 0 aliphatic carbocycles. The number of hydrogen-bond acceptors (Lipinski definition) is 4. The molecule has 3 aromatic rings. The molecule has 0 saturated heterocycles. The van der Waals surface area contributed by atoms with Crippen molar-refractivity contribution in [2.45, 2.75) is 9.79 Å². The normalized spacial score (nSPS) is 10.7. The topological polar surface area (TPSA) is 50.4 Å². The first-order valence-electron chi connectivity index (χ1n) is 5.72. The minimum absolute atomic E-state index is 0.0810. The highest BCUT2D eigenvalue weighted by Gasteiger charge is 2.07. The summed E-state index contributed by atoms with van der Waals surface area (Å²) in [4.78, 5) is 13.4. The first kappa shape index (κ1) is 11.9. The number of benzene rings is 2. The molecule has 0 aliphatic rings. The standard InChI is InChI=1S/C15H10O3S/c16-10-6-7-12-13(8-10)18-15(17)9-14(12)19-11-4-2-1-3-5-11/h1-9,16H. The smallest absolute Gasteiger partial charge is 0.337 e. The van der Waals surface area contributed by atoms with E-state index in [-0.39, 0.29) is 5.75 Å². The summed E-state index contributed by atoms with van der Waals surface area (Å²) in [6.45, 7) is 0. The molecule has 3 rings (SSSR count). The molecule has 0 spiro atoms. The van der Waals surface area contributed by atoms with Crippen LogP contribution in [0.4, 0.5) is 0 Å². The van der Waals surface area contributed by atoms with Gasteiger partial charge in [-0.15, -0.1) is 0 Å². The maximum absolute atomic E-state index is 11.5. The Bertz CT molecular complexity index is 778. The Kier molecular flexibility index (Phi) is 3.01. The predicted octanol–water partition coefficient (Wildman–Crippen LogP) is 3.65. The predicted molar refractivity (Wildman–Crippen MR) is 74.7 cm³/mol. The van der Waals surface area contributed by atoms with Crippen LogP contribution in [0.2, 0.25) is 0 Å². The van der Waals surface area contributed by atoms with E-state index in [9.17, 15) is 9.90 Å². The molecule has 1 N–H and O–H groups in total. The van der Waals surface area contributed by atoms with Crippen LogP contribution in [-0.4, -0.2) is 5.11 Å². The molecule has 0 bridgehead atoms. The summed E-state index contributed by atoms with van der Waals surface area (Å²) in [6, 6.07) is 16.0. The first-order chi connectivity index (χ1) is 9.22. The molecule has 94 valence electrons. The van der Waals surface area contributed by atoms with E-state index in [0.29, 0.717) is 5.58 Å². The Morgan fingerprint density at radius 1 is 1.00 bits per heavy atom. The second kappa shape index (κ2) is 4.82. The van der Waals surface area contributed by atoms with Gasteiger partial charge in [-0.2, -0.15) is 0 Å². The van der Waals surface area contributed by atoms with Crippen molar-refractivity contribution < 1.29 is 9.52 Å². The number of fused-ring (bicyclic) bond motifs is 1. The molecule has 4 heteroatoms. The van der Waals surface area contributed by atoms with Gasteiger partial charge in [-0.3, -0.25) is 0 Å². The van der Waals surface area contributed by atoms with E-state index in [2.05, 4.69) is 0 Å². The molecule has 0 aliphatic heterocycles. The van der Waals surface area contributed by atoms with E-state index in [0.717, 1.165) is 15.2 Å². The van der Waals surface area contributed by atoms with Gasteiger partial charge in [0.05, 0.1) is 0 Å². The van der Waals surface area contributed by atoms with Crippen LogP contribution < -0.4 is 5.63 Å². The van der Waals surface area contributed by atoms with E-state index in [1.165, 1.54) is 23.9 Å². The molecule has 0 amide bonds. The Morgan fingerprint density at radius 2 is 1.79 bits per heavy atom. The van der Waals surface area contributed by atoms with Gasteiger partial charge < -0.3 is 9.52 Å². The summed E-state index contributed by atoms with van der Waals surface area (Å²) in [5.41, 5.74) is -0.0255. The molecule has 0 saturated carbocycles. The van der Waals surface area contributed by atoms with Gasteiger partial charge in [0.2, 0.25) is 0 Å². The lowest BCUT2D eigenvalue weighted by molar-refractivity contribution is 0.473. The third-order valence-corrected chi connectivity index (χ3v) is 3.73. The van der Waals surface area contributed by atoms with Gasteiger partial charge in [0.25, 0.3) is 0 Å². The number of phenols is 1. The highest BCUT2D eigenvalue weighted by atomic mass is 32.2. The summed E-state index contributed by atoms with van der Waals surface area (Å²) in [5.74, 6) is 0.0810. The molecule has 2 aromatic carbocycles. The molecule has 0 fully saturated rings. The zero-order valence-corrected chi connectivity index (χ0v) is 10.7. The van der Waals surface area contributed by atoms with Crippen molar-refractivity contribution in [3.8, 4) is 5.75 Å². The van der Waals surface area contributed by atoms with Crippen LogP contribution in [0.3, 0.4) is 0 Å². The fraction of sp³-hybridized carbons (Fsp3) is 0. The molecular formula is C15H10O3S. The minimum atomic E-state index is -0.420. The molecule has 19 heavy (non-hydrogen) atoms. The molecule has 0 unspecified atom stereocenters. The van der Waals surface area contributed by atoms with Gasteiger partial charge in [0.1, 0.15) is 11.3 Å². The third kappa shape index (κ3) is 2.48. The molecule has 1 heterocycles. The number of phenolic OH excluding ortho intramolecular Hbond substituents is 1. The van der Waals surface area contributed by atoms with Crippen LogP contribution in [0.1, 0.15) is 0 Å². The van der Waals surface area contributed by atoms with Gasteiger partial charge in [-0.05, 0) is 24.3 Å². The Hall–Kier alpha value is -2.20. The van der Waals surface area contributed by atoms with Crippen LogP contribution in [-0.2, 0) is 0 Å². The van der Waals surface area contributed by atoms with E-state index in [1.54, 1.807) is 12.1 Å². The highest BCUT2D eigenvalue weighted by Crippen LogP contribution is 2.33.